The van der Waals surface area contributed by atoms with Crippen molar-refractivity contribution in [3.05, 3.63) is 46.6 Å². The number of aryl methyl sites for hydroxylation is 1. The van der Waals surface area contributed by atoms with Crippen molar-refractivity contribution in [3.8, 4) is 5.88 Å². The topological polar surface area (TPSA) is 73.9 Å². The molecular weight excluding hydrogens is 324 g/mol. The van der Waals surface area contributed by atoms with Gasteiger partial charge in [0.2, 0.25) is 10.8 Å². The summed E-state index contributed by atoms with van der Waals surface area (Å²) in [5.41, 5.74) is 1.13. The highest BCUT2D eigenvalue weighted by molar-refractivity contribution is 7.17. The molecule has 2 aromatic heterocycles. The van der Waals surface area contributed by atoms with Crippen LogP contribution in [0.2, 0.25) is 0 Å². The lowest BCUT2D eigenvalue weighted by atomic mass is 9.99. The molecular formula is C17H20N4O2S. The van der Waals surface area contributed by atoms with E-state index in [1.165, 1.54) is 15.9 Å². The number of nitrogens with zero attached hydrogens (tertiary/aromatic N) is 4. The van der Waals surface area contributed by atoms with Gasteiger partial charge in [0, 0.05) is 13.1 Å². The fourth-order valence-corrected chi connectivity index (χ4v) is 4.50. The zero-order valence-electron chi connectivity index (χ0n) is 13.5. The van der Waals surface area contributed by atoms with Crippen molar-refractivity contribution in [2.75, 3.05) is 13.1 Å². The molecule has 0 radical (unpaired) electrons. The summed E-state index contributed by atoms with van der Waals surface area (Å²) in [6, 6.07) is 10.1. The van der Waals surface area contributed by atoms with E-state index in [0.717, 1.165) is 36.4 Å². The van der Waals surface area contributed by atoms with Crippen LogP contribution in [0.5, 0.6) is 5.88 Å². The van der Waals surface area contributed by atoms with Crippen molar-refractivity contribution >= 4 is 16.3 Å². The molecule has 1 aliphatic heterocycles. The summed E-state index contributed by atoms with van der Waals surface area (Å²) in [6.45, 7) is 3.42. The monoisotopic (exact) mass is 344 g/mol. The Labute approximate surface area is 144 Å². The lowest BCUT2D eigenvalue weighted by Crippen LogP contribution is -2.38. The summed E-state index contributed by atoms with van der Waals surface area (Å²) in [5.74, 6) is 0.816. The number of aromatic nitrogens is 3. The molecule has 6 nitrogen and oxygen atoms in total. The number of benzene rings is 1. The molecule has 1 aromatic carbocycles. The third-order valence-electron chi connectivity index (χ3n) is 4.53. The molecule has 1 saturated heterocycles. The number of hydrogen-bond donors (Lipinski definition) is 2. The van der Waals surface area contributed by atoms with Gasteiger partial charge >= 0.3 is 0 Å². The molecule has 0 saturated carbocycles. The zero-order valence-corrected chi connectivity index (χ0v) is 14.3. The Morgan fingerprint density at radius 2 is 1.92 bits per heavy atom. The molecule has 4 rings (SSSR count). The molecule has 126 valence electrons. The highest BCUT2D eigenvalue weighted by atomic mass is 32.1. The van der Waals surface area contributed by atoms with Crippen LogP contribution in [0.1, 0.15) is 35.1 Å². The first-order valence-electron chi connectivity index (χ1n) is 8.15. The fraction of sp³-hybridized carbons (Fsp3) is 0.412. The van der Waals surface area contributed by atoms with E-state index < -0.39 is 0 Å². The van der Waals surface area contributed by atoms with Crippen LogP contribution in [0.15, 0.2) is 30.3 Å². The molecule has 1 atom stereocenters. The Balaban J connectivity index is 1.79. The van der Waals surface area contributed by atoms with E-state index in [9.17, 15) is 10.2 Å². The molecule has 0 aliphatic carbocycles. The van der Waals surface area contributed by atoms with Gasteiger partial charge in [0.1, 0.15) is 5.82 Å². The van der Waals surface area contributed by atoms with Gasteiger partial charge in [-0.2, -0.15) is 4.52 Å². The van der Waals surface area contributed by atoms with Gasteiger partial charge in [0.05, 0.1) is 17.0 Å². The SMILES string of the molecule is Cc1nc2sc([C@@H](c3ccccc3)N3CCC(O)CC3)c(O)n2n1. The molecule has 0 bridgehead atoms. The summed E-state index contributed by atoms with van der Waals surface area (Å²) >= 11 is 1.48. The van der Waals surface area contributed by atoms with Gasteiger partial charge < -0.3 is 10.2 Å². The average molecular weight is 344 g/mol. The number of rotatable bonds is 3. The molecule has 3 heterocycles. The minimum Gasteiger partial charge on any atom is -0.492 e. The summed E-state index contributed by atoms with van der Waals surface area (Å²) in [5, 5.41) is 24.8. The molecule has 7 heteroatoms. The molecule has 24 heavy (non-hydrogen) atoms. The van der Waals surface area contributed by atoms with Gasteiger partial charge in [-0.1, -0.05) is 41.7 Å². The van der Waals surface area contributed by atoms with Crippen LogP contribution in [0.25, 0.3) is 4.96 Å². The normalized spacial score (nSPS) is 18.2. The highest BCUT2D eigenvalue weighted by Gasteiger charge is 2.31. The van der Waals surface area contributed by atoms with Gasteiger partial charge in [-0.15, -0.1) is 5.10 Å². The second-order valence-corrected chi connectivity index (χ2v) is 7.23. The maximum atomic E-state index is 10.7. The number of likely N-dealkylation sites (tertiary alicyclic amines) is 1. The van der Waals surface area contributed by atoms with E-state index in [2.05, 4.69) is 27.1 Å². The Kier molecular flexibility index (Phi) is 3.99. The van der Waals surface area contributed by atoms with Crippen LogP contribution in [0, 0.1) is 6.92 Å². The lowest BCUT2D eigenvalue weighted by Gasteiger charge is -2.36. The Morgan fingerprint density at radius 1 is 1.21 bits per heavy atom. The number of aromatic hydroxyl groups is 1. The third kappa shape index (κ3) is 2.68. The minimum absolute atomic E-state index is 0.0486. The number of piperidine rings is 1. The van der Waals surface area contributed by atoms with Gasteiger partial charge in [-0.3, -0.25) is 4.90 Å². The maximum Gasteiger partial charge on any atom is 0.230 e. The van der Waals surface area contributed by atoms with Crippen molar-refractivity contribution < 1.29 is 10.2 Å². The van der Waals surface area contributed by atoms with Gasteiger partial charge in [0.25, 0.3) is 0 Å². The van der Waals surface area contributed by atoms with Crippen LogP contribution in [0.3, 0.4) is 0 Å². The molecule has 2 N–H and O–H groups in total. The summed E-state index contributed by atoms with van der Waals surface area (Å²) in [7, 11) is 0. The lowest BCUT2D eigenvalue weighted by molar-refractivity contribution is 0.0689. The molecule has 1 aliphatic rings. The third-order valence-corrected chi connectivity index (χ3v) is 5.61. The van der Waals surface area contributed by atoms with E-state index >= 15 is 0 Å². The van der Waals surface area contributed by atoms with Gasteiger partial charge in [-0.25, -0.2) is 4.98 Å². The summed E-state index contributed by atoms with van der Waals surface area (Å²) < 4.78 is 1.52. The first-order valence-corrected chi connectivity index (χ1v) is 8.97. The van der Waals surface area contributed by atoms with E-state index in [4.69, 9.17) is 0 Å². The van der Waals surface area contributed by atoms with Crippen LogP contribution < -0.4 is 0 Å². The van der Waals surface area contributed by atoms with Crippen molar-refractivity contribution in [2.24, 2.45) is 0 Å². The largest absolute Gasteiger partial charge is 0.492 e. The van der Waals surface area contributed by atoms with E-state index in [1.807, 2.05) is 25.1 Å². The van der Waals surface area contributed by atoms with Crippen molar-refractivity contribution in [2.45, 2.75) is 31.9 Å². The fourth-order valence-electron chi connectivity index (χ4n) is 3.33. The average Bonchev–Trinajstić information content (AvgIpc) is 3.09. The highest BCUT2D eigenvalue weighted by Crippen LogP contribution is 2.40. The van der Waals surface area contributed by atoms with Crippen LogP contribution in [-0.4, -0.2) is 48.9 Å². The number of thiazole rings is 1. The molecule has 0 unspecified atom stereocenters. The van der Waals surface area contributed by atoms with Gasteiger partial charge in [-0.05, 0) is 25.3 Å². The summed E-state index contributed by atoms with van der Waals surface area (Å²) in [4.78, 5) is 8.26. The minimum atomic E-state index is -0.226. The molecule has 0 spiro atoms. The predicted molar refractivity (Wildman–Crippen MR) is 92.4 cm³/mol. The van der Waals surface area contributed by atoms with Crippen molar-refractivity contribution in [1.82, 2.24) is 19.5 Å². The second kappa shape index (κ2) is 6.16. The second-order valence-electron chi connectivity index (χ2n) is 6.22. The Bertz CT molecular complexity index is 837. The molecule has 0 amide bonds. The van der Waals surface area contributed by atoms with Crippen LogP contribution >= 0.6 is 11.3 Å². The molecule has 1 fully saturated rings. The predicted octanol–water partition coefficient (Wildman–Crippen LogP) is 2.35. The van der Waals surface area contributed by atoms with Gasteiger partial charge in [0.15, 0.2) is 0 Å². The van der Waals surface area contributed by atoms with E-state index in [1.54, 1.807) is 0 Å². The van der Waals surface area contributed by atoms with Crippen molar-refractivity contribution in [1.29, 1.82) is 0 Å². The summed E-state index contributed by atoms with van der Waals surface area (Å²) in [6.07, 6.45) is 1.28. The van der Waals surface area contributed by atoms with Crippen molar-refractivity contribution in [3.63, 3.8) is 0 Å². The van der Waals surface area contributed by atoms with E-state index in [-0.39, 0.29) is 18.0 Å². The Hall–Kier alpha value is -1.96. The number of fused-ring (bicyclic) bond motifs is 1. The first-order chi connectivity index (χ1) is 11.6. The Morgan fingerprint density at radius 3 is 2.58 bits per heavy atom. The smallest absolute Gasteiger partial charge is 0.230 e. The number of aliphatic hydroxyl groups is 1. The quantitative estimate of drug-likeness (QED) is 0.763. The van der Waals surface area contributed by atoms with E-state index in [0.29, 0.717) is 10.8 Å². The number of hydrogen-bond acceptors (Lipinski definition) is 6. The standard InChI is InChI=1S/C17H20N4O2S/c1-11-18-17-21(19-11)16(23)15(24-17)14(12-5-3-2-4-6-12)20-9-7-13(22)8-10-20/h2-6,13-14,22-23H,7-10H2,1H3/t14-/m1/s1. The van der Waals surface area contributed by atoms with Crippen LogP contribution in [-0.2, 0) is 0 Å². The zero-order chi connectivity index (χ0) is 16.7. The molecule has 3 aromatic rings. The van der Waals surface area contributed by atoms with Crippen LogP contribution in [0.4, 0.5) is 0 Å². The first kappa shape index (κ1) is 15.6. The maximum absolute atomic E-state index is 10.7. The number of aliphatic hydroxyl groups excluding tert-OH is 1.